The topological polar surface area (TPSA) is 0 Å². The van der Waals surface area contributed by atoms with Gasteiger partial charge in [-0.1, -0.05) is 0 Å². The summed E-state index contributed by atoms with van der Waals surface area (Å²) < 4.78 is 1.26. The molecule has 0 spiro atoms. The van der Waals surface area contributed by atoms with Gasteiger partial charge in [0.25, 0.3) is 0 Å². The van der Waals surface area contributed by atoms with Crippen molar-refractivity contribution in [3.8, 4) is 0 Å². The number of hydrogen-bond acceptors (Lipinski definition) is 0. The van der Waals surface area contributed by atoms with E-state index in [-0.39, 0.29) is 17.0 Å². The molecule has 0 aliphatic rings. The molecule has 0 fully saturated rings. The third-order valence-electron chi connectivity index (χ3n) is 1.37. The zero-order valence-corrected chi connectivity index (χ0v) is 9.28. The van der Waals surface area contributed by atoms with Crippen molar-refractivity contribution in [2.75, 3.05) is 0 Å². The van der Waals surface area contributed by atoms with Crippen molar-refractivity contribution in [2.45, 2.75) is 24.8 Å². The molecule has 0 atom stereocenters. The van der Waals surface area contributed by atoms with Gasteiger partial charge in [-0.15, -0.1) is 0 Å². The van der Waals surface area contributed by atoms with E-state index < -0.39 is 0 Å². The van der Waals surface area contributed by atoms with E-state index >= 15 is 0 Å². The largest absolute Gasteiger partial charge is 1.00 e. The fourth-order valence-corrected chi connectivity index (χ4v) is 0.697. The van der Waals surface area contributed by atoms with Gasteiger partial charge in [0, 0.05) is 0 Å². The first kappa shape index (κ1) is 12.6. The summed E-state index contributed by atoms with van der Waals surface area (Å²) in [5.74, 6) is 0. The zero-order chi connectivity index (χ0) is 6.62. The van der Waals surface area contributed by atoms with Gasteiger partial charge in [0.2, 0.25) is 0 Å². The van der Waals surface area contributed by atoms with Crippen LogP contribution in [0.1, 0.15) is 20.3 Å². The molecule has 0 aromatic carbocycles. The Kier molecular flexibility index (Phi) is 8.07. The number of allylic oxidation sites excluding steroid dienone is 1. The first-order chi connectivity index (χ1) is 3.62. The molecule has 0 radical (unpaired) electrons. The van der Waals surface area contributed by atoms with E-state index in [1.807, 2.05) is 27.8 Å². The van der Waals surface area contributed by atoms with Crippen LogP contribution in [0.25, 0.3) is 0 Å². The first-order valence-corrected chi connectivity index (χ1v) is 4.02. The smallest absolute Gasteiger partial charge is 1.00 e. The van der Waals surface area contributed by atoms with Crippen molar-refractivity contribution in [1.29, 1.82) is 0 Å². The van der Waals surface area contributed by atoms with Crippen molar-refractivity contribution < 1.29 is 17.0 Å². The zero-order valence-electron chi connectivity index (χ0n) is 6.28. The summed E-state index contributed by atoms with van der Waals surface area (Å²) >= 11 is 2.03. The molecule has 0 saturated carbocycles. The van der Waals surface area contributed by atoms with Crippen LogP contribution in [0.3, 0.4) is 0 Å². The minimum Gasteiger partial charge on any atom is -1.00 e. The second kappa shape index (κ2) is 5.75. The standard InChI is InChI=1S/C7H13.BrH.Mg/c1-5-6-7(2,3)4;;/h5H,1-2,6H2,3-4H3;1H;/q;;+1/p-1. The molecular formula is C7H13BrMg. The van der Waals surface area contributed by atoms with Crippen molar-refractivity contribution in [1.82, 2.24) is 0 Å². The Balaban J connectivity index is 0. The maximum absolute atomic E-state index is 3.70. The predicted molar refractivity (Wildman–Crippen MR) is 39.2 cm³/mol. The molecule has 0 aromatic rings. The van der Waals surface area contributed by atoms with Crippen LogP contribution in [0.4, 0.5) is 0 Å². The van der Waals surface area contributed by atoms with Crippen molar-refractivity contribution in [2.24, 2.45) is 5.41 Å². The maximum atomic E-state index is 3.70. The molecular weight excluding hydrogens is 188 g/mol. The molecule has 0 rings (SSSR count). The second-order valence-electron chi connectivity index (χ2n) is 2.91. The monoisotopic (exact) mass is 200 g/mol. The van der Waals surface area contributed by atoms with Gasteiger partial charge in [0.05, 0.1) is 0 Å². The van der Waals surface area contributed by atoms with Crippen LogP contribution in [0.5, 0.6) is 0 Å². The van der Waals surface area contributed by atoms with E-state index in [0.717, 1.165) is 6.42 Å². The fourth-order valence-electron chi connectivity index (χ4n) is 0.493. The molecule has 0 aromatic heterocycles. The molecule has 50 valence electrons. The molecule has 0 aliphatic heterocycles. The van der Waals surface area contributed by atoms with Gasteiger partial charge in [-0.05, 0) is 0 Å². The average Bonchev–Trinajstić information content (AvgIpc) is 1.67. The van der Waals surface area contributed by atoms with Crippen LogP contribution in [-0.2, 0) is 0 Å². The number of rotatable bonds is 3. The molecule has 9 heavy (non-hydrogen) atoms. The molecule has 0 heterocycles. The molecule has 0 nitrogen and oxygen atoms in total. The van der Waals surface area contributed by atoms with Crippen LogP contribution in [0.2, 0.25) is 4.55 Å². The molecule has 2 heteroatoms. The Morgan fingerprint density at radius 3 is 2.11 bits per heavy atom. The summed E-state index contributed by atoms with van der Waals surface area (Å²) in [6, 6.07) is 0. The Morgan fingerprint density at radius 1 is 1.56 bits per heavy atom. The normalized spacial score (nSPS) is 10.2. The summed E-state index contributed by atoms with van der Waals surface area (Å²) in [5.41, 5.74) is 0.486. The van der Waals surface area contributed by atoms with E-state index in [0.29, 0.717) is 5.41 Å². The van der Waals surface area contributed by atoms with Crippen LogP contribution in [0, 0.1) is 5.41 Å². The average molecular weight is 201 g/mol. The Bertz CT molecular complexity index is 79.0. The fraction of sp³-hybridized carbons (Fsp3) is 0.714. The van der Waals surface area contributed by atoms with Gasteiger partial charge < -0.3 is 17.0 Å². The van der Waals surface area contributed by atoms with Gasteiger partial charge in [0.15, 0.2) is 0 Å². The van der Waals surface area contributed by atoms with E-state index in [4.69, 9.17) is 0 Å². The van der Waals surface area contributed by atoms with Crippen LogP contribution in [-0.4, -0.2) is 21.7 Å². The van der Waals surface area contributed by atoms with E-state index in [1.54, 1.807) is 0 Å². The van der Waals surface area contributed by atoms with Crippen molar-refractivity contribution in [3.63, 3.8) is 0 Å². The summed E-state index contributed by atoms with van der Waals surface area (Å²) in [4.78, 5) is 0. The summed E-state index contributed by atoms with van der Waals surface area (Å²) in [7, 11) is 0. The number of halogens is 1. The van der Waals surface area contributed by atoms with Crippen LogP contribution < -0.4 is 17.0 Å². The van der Waals surface area contributed by atoms with E-state index in [1.165, 1.54) is 4.55 Å². The number of hydrogen-bond donors (Lipinski definition) is 0. The maximum Gasteiger partial charge on any atom is -1.00 e. The minimum atomic E-state index is 0. The predicted octanol–water partition coefficient (Wildman–Crippen LogP) is -0.820. The van der Waals surface area contributed by atoms with E-state index in [9.17, 15) is 0 Å². The first-order valence-electron chi connectivity index (χ1n) is 3.02. The molecule has 0 amide bonds. The minimum absolute atomic E-state index is 0. The van der Waals surface area contributed by atoms with E-state index in [2.05, 4.69) is 20.4 Å². The second-order valence-corrected chi connectivity index (χ2v) is 3.41. The van der Waals surface area contributed by atoms with Crippen molar-refractivity contribution >= 4 is 21.7 Å². The molecule has 0 unspecified atom stereocenters. The Hall–Kier alpha value is 0.986. The van der Waals surface area contributed by atoms with Gasteiger partial charge in [-0.25, -0.2) is 0 Å². The molecule has 0 N–H and O–H groups in total. The molecule has 0 bridgehead atoms. The Morgan fingerprint density at radius 2 is 2.00 bits per heavy atom. The quantitative estimate of drug-likeness (QED) is 0.413. The van der Waals surface area contributed by atoms with Crippen molar-refractivity contribution in [3.05, 3.63) is 12.7 Å². The van der Waals surface area contributed by atoms with Crippen LogP contribution >= 0.6 is 0 Å². The molecule has 0 saturated heterocycles. The van der Waals surface area contributed by atoms with Gasteiger partial charge in [-0.3, -0.25) is 0 Å². The summed E-state index contributed by atoms with van der Waals surface area (Å²) in [5, 5.41) is 0. The third-order valence-corrected chi connectivity index (χ3v) is 2.73. The van der Waals surface area contributed by atoms with Gasteiger partial charge >= 0.3 is 64.6 Å². The SMILES string of the molecule is C=CCC(C)(C)[CH2][Mg+].[Br-]. The summed E-state index contributed by atoms with van der Waals surface area (Å²) in [6.07, 6.45) is 3.13. The third kappa shape index (κ3) is 6.88. The summed E-state index contributed by atoms with van der Waals surface area (Å²) in [6.45, 7) is 8.23. The molecule has 0 aliphatic carbocycles. The van der Waals surface area contributed by atoms with Gasteiger partial charge in [-0.2, -0.15) is 0 Å². The van der Waals surface area contributed by atoms with Crippen LogP contribution in [0.15, 0.2) is 12.7 Å². The Labute approximate surface area is 81.3 Å². The van der Waals surface area contributed by atoms with Gasteiger partial charge in [0.1, 0.15) is 0 Å².